The van der Waals surface area contributed by atoms with Crippen molar-refractivity contribution < 1.29 is 38.8 Å². The number of phenols is 2. The van der Waals surface area contributed by atoms with Crippen LogP contribution in [0.25, 0.3) is 38.8 Å². The fourth-order valence-electron chi connectivity index (χ4n) is 11.1. The lowest BCUT2D eigenvalue weighted by atomic mass is 9.93. The zero-order valence-electron chi connectivity index (χ0n) is 47.7. The molecular weight excluding hydrogens is 1100 g/mol. The summed E-state index contributed by atoms with van der Waals surface area (Å²) in [5.74, 6) is 1.50. The average Bonchev–Trinajstić information content (AvgIpc) is 3.89. The van der Waals surface area contributed by atoms with E-state index in [1.165, 1.54) is 26.3 Å². The van der Waals surface area contributed by atoms with E-state index >= 15 is 4.39 Å². The van der Waals surface area contributed by atoms with E-state index in [1.807, 2.05) is 63.2 Å². The summed E-state index contributed by atoms with van der Waals surface area (Å²) >= 11 is 0. The zero-order valence-corrected chi connectivity index (χ0v) is 49.3. The molecular formula is C61H74FN11O8S2. The fourth-order valence-corrected chi connectivity index (χ4v) is 13.0. The Morgan fingerprint density at radius 3 is 2.30 bits per heavy atom. The van der Waals surface area contributed by atoms with Crippen molar-refractivity contribution in [2.24, 2.45) is 11.8 Å². The number of amides is 3. The van der Waals surface area contributed by atoms with Crippen LogP contribution in [-0.2, 0) is 29.2 Å². The maximum absolute atomic E-state index is 15.3. The molecule has 1 saturated carbocycles. The molecule has 2 saturated heterocycles. The lowest BCUT2D eigenvalue weighted by molar-refractivity contribution is -0.134. The molecule has 3 aromatic heterocycles. The summed E-state index contributed by atoms with van der Waals surface area (Å²) in [6.07, 6.45) is 8.02. The van der Waals surface area contributed by atoms with E-state index < -0.39 is 17.8 Å². The van der Waals surface area contributed by atoms with Gasteiger partial charge in [0.1, 0.15) is 30.6 Å². The van der Waals surface area contributed by atoms with E-state index in [-0.39, 0.29) is 78.4 Å². The van der Waals surface area contributed by atoms with Crippen molar-refractivity contribution in [2.75, 3.05) is 91.1 Å². The van der Waals surface area contributed by atoms with Crippen LogP contribution in [0.5, 0.6) is 17.5 Å². The predicted molar refractivity (Wildman–Crippen MR) is 322 cm³/mol. The zero-order chi connectivity index (χ0) is 58.3. The number of piperidine rings is 1. The molecule has 5 heterocycles. The van der Waals surface area contributed by atoms with Gasteiger partial charge in [0.15, 0.2) is 5.82 Å². The number of halogens is 1. The molecule has 3 N–H and O–H groups in total. The monoisotopic (exact) mass is 1170 g/mol. The van der Waals surface area contributed by atoms with Gasteiger partial charge in [-0.2, -0.15) is 5.10 Å². The van der Waals surface area contributed by atoms with Gasteiger partial charge in [-0.25, -0.2) is 18.4 Å². The highest BCUT2D eigenvalue weighted by Gasteiger charge is 2.36. The Balaban J connectivity index is 0.658. The maximum atomic E-state index is 15.3. The number of aryl methyl sites for hydroxylation is 1. The molecule has 1 aliphatic carbocycles. The largest absolute Gasteiger partial charge is 0.508 e. The molecule has 0 atom stereocenters. The SMILES string of the molecule is CC(C)c1cc(-c2nnc(O)n2-c2ccc3c(ccn3CCC3CCN(CCCSSCCOC(=O)N(CCN(C)C)Cn4nc(Cc5ccc(F)c(C(=O)N6CCN(C(=O)C7CC7)CC6)c5)c5ccccc5c4=O)CC3)c2)c(O)cc1O. The summed E-state index contributed by atoms with van der Waals surface area (Å²) in [6.45, 7) is 10.4. The number of hydrogen-bond acceptors (Lipinski definition) is 15. The quantitative estimate of drug-likeness (QED) is 0.0404. The number of hydrogen-bond donors (Lipinski definition) is 3. The highest BCUT2D eigenvalue weighted by molar-refractivity contribution is 8.76. The number of carbonyl (C=O) groups excluding carboxylic acids is 3. The number of benzene rings is 4. The average molecular weight is 1170 g/mol. The van der Waals surface area contributed by atoms with Gasteiger partial charge in [-0.1, -0.05) is 64.8 Å². The molecule has 22 heteroatoms. The van der Waals surface area contributed by atoms with Crippen molar-refractivity contribution in [3.63, 3.8) is 0 Å². The molecule has 7 aromatic rings. The number of fused-ring (bicyclic) bond motifs is 2. The number of ether oxygens (including phenoxy) is 1. The fraction of sp³-hybridized carbons (Fsp3) is 0.459. The number of carbonyl (C=O) groups is 3. The third-order valence-corrected chi connectivity index (χ3v) is 18.5. The van der Waals surface area contributed by atoms with Crippen LogP contribution in [0.1, 0.15) is 85.5 Å². The van der Waals surface area contributed by atoms with Crippen LogP contribution >= 0.6 is 21.6 Å². The summed E-state index contributed by atoms with van der Waals surface area (Å²) in [4.78, 5) is 63.3. The first-order valence-electron chi connectivity index (χ1n) is 28.8. The van der Waals surface area contributed by atoms with Crippen LogP contribution in [0.4, 0.5) is 9.18 Å². The van der Waals surface area contributed by atoms with E-state index in [1.54, 1.807) is 61.7 Å². The molecule has 440 valence electrons. The van der Waals surface area contributed by atoms with Crippen molar-refractivity contribution in [2.45, 2.75) is 77.9 Å². The molecule has 0 spiro atoms. The molecule has 0 unspecified atom stereocenters. The van der Waals surface area contributed by atoms with Crippen LogP contribution < -0.4 is 5.56 Å². The van der Waals surface area contributed by atoms with Crippen LogP contribution in [0.15, 0.2) is 89.9 Å². The van der Waals surface area contributed by atoms with Gasteiger partial charge in [0.2, 0.25) is 5.91 Å². The number of likely N-dealkylation sites (tertiary alicyclic amines) is 1. The number of likely N-dealkylation sites (N-methyl/N-ethyl adjacent to an activating group) is 1. The Kier molecular flexibility index (Phi) is 18.9. The topological polar surface area (TPSA) is 208 Å². The molecule has 0 bridgehead atoms. The molecule has 3 aliphatic rings. The molecule has 0 radical (unpaired) electrons. The lowest BCUT2D eigenvalue weighted by Gasteiger charge is -2.35. The molecule has 19 nitrogen and oxygen atoms in total. The van der Waals surface area contributed by atoms with E-state index in [4.69, 9.17) is 9.84 Å². The smallest absolute Gasteiger partial charge is 0.411 e. The van der Waals surface area contributed by atoms with Crippen LogP contribution in [0.2, 0.25) is 0 Å². The predicted octanol–water partition coefficient (Wildman–Crippen LogP) is 8.79. The number of nitrogens with zero attached hydrogens (tertiary/aromatic N) is 11. The Morgan fingerprint density at radius 1 is 0.807 bits per heavy atom. The van der Waals surface area contributed by atoms with Gasteiger partial charge in [0.25, 0.3) is 11.5 Å². The third-order valence-electron chi connectivity index (χ3n) is 16.1. The minimum atomic E-state index is -0.634. The summed E-state index contributed by atoms with van der Waals surface area (Å²) < 4.78 is 26.2. The number of piperazine rings is 1. The van der Waals surface area contributed by atoms with E-state index in [0.29, 0.717) is 83.2 Å². The summed E-state index contributed by atoms with van der Waals surface area (Å²) in [5.41, 5.74) is 3.51. The van der Waals surface area contributed by atoms with Crippen molar-refractivity contribution >= 4 is 61.2 Å². The van der Waals surface area contributed by atoms with Gasteiger partial charge < -0.3 is 44.2 Å². The first-order valence-corrected chi connectivity index (χ1v) is 31.3. The van der Waals surface area contributed by atoms with Crippen molar-refractivity contribution in [1.29, 1.82) is 0 Å². The van der Waals surface area contributed by atoms with Gasteiger partial charge in [-0.15, -0.1) is 5.10 Å². The number of phenolic OH excluding ortho intramolecular Hbond substituents is 2. The molecule has 83 heavy (non-hydrogen) atoms. The number of rotatable bonds is 23. The molecule has 3 fully saturated rings. The van der Waals surface area contributed by atoms with Gasteiger partial charge in [0.05, 0.1) is 27.9 Å². The molecule has 3 amide bonds. The second kappa shape index (κ2) is 26.6. The van der Waals surface area contributed by atoms with Crippen LogP contribution in [-0.4, -0.2) is 178 Å². The second-order valence-electron chi connectivity index (χ2n) is 22.6. The van der Waals surface area contributed by atoms with Crippen molar-refractivity contribution in [1.82, 2.24) is 53.6 Å². The highest BCUT2D eigenvalue weighted by atomic mass is 33.1. The second-order valence-corrected chi connectivity index (χ2v) is 25.3. The minimum absolute atomic E-state index is 0.000543. The molecule has 2 aliphatic heterocycles. The van der Waals surface area contributed by atoms with Gasteiger partial charge in [-0.05, 0) is 144 Å². The Labute approximate surface area is 490 Å². The number of aromatic nitrogens is 6. The Hall–Kier alpha value is -7.14. The number of aromatic hydroxyl groups is 3. The molecule has 4 aromatic carbocycles. The Morgan fingerprint density at radius 2 is 1.55 bits per heavy atom. The van der Waals surface area contributed by atoms with Gasteiger partial charge in [0, 0.05) is 98.2 Å². The Bertz CT molecular complexity index is 3510. The standard InChI is InChI=1S/C61H74FN11O8S2/c1-40(2)48-37-50(55(75)38-54(48)74)56-63-64-60(79)73(56)45-13-15-53-44(36-45)19-24-68(53)23-18-41-16-21-67(22-17-41)20-7-32-82-83-33-31-81-61(80)71(26-25-66(3)4)39-72-59(78)47-9-6-5-8-46(47)52(65-72)35-42-10-14-51(62)49(34-42)58(77)70-29-27-69(28-30-70)57(76)43-11-12-43/h5-6,8-10,13-15,19,24,34,36-38,40-41,43,74-75H,7,11-12,16-18,20-23,25-33,35,39H2,1-4H3,(H,64,79). The molecule has 10 rings (SSSR count). The van der Waals surface area contributed by atoms with Crippen molar-refractivity contribution in [3.05, 3.63) is 124 Å². The summed E-state index contributed by atoms with van der Waals surface area (Å²) in [5, 5.41) is 46.9. The van der Waals surface area contributed by atoms with E-state index in [9.17, 15) is 34.5 Å². The third kappa shape index (κ3) is 14.1. The normalized spacial score (nSPS) is 15.3. The van der Waals surface area contributed by atoms with E-state index in [2.05, 4.69) is 31.9 Å². The summed E-state index contributed by atoms with van der Waals surface area (Å²) in [7, 11) is 7.27. The van der Waals surface area contributed by atoms with Crippen molar-refractivity contribution in [3.8, 4) is 34.6 Å². The first kappa shape index (κ1) is 59.0. The van der Waals surface area contributed by atoms with Crippen LogP contribution in [0.3, 0.4) is 0 Å². The highest BCUT2D eigenvalue weighted by Crippen LogP contribution is 2.39. The van der Waals surface area contributed by atoms with E-state index in [0.717, 1.165) is 81.4 Å². The van der Waals surface area contributed by atoms with Gasteiger partial charge >= 0.3 is 12.1 Å². The first-order chi connectivity index (χ1) is 40.1. The van der Waals surface area contributed by atoms with Crippen LogP contribution in [0, 0.1) is 17.7 Å². The minimum Gasteiger partial charge on any atom is -0.508 e. The lowest BCUT2D eigenvalue weighted by Crippen LogP contribution is -2.51. The maximum Gasteiger partial charge on any atom is 0.411 e. The summed E-state index contributed by atoms with van der Waals surface area (Å²) in [6, 6.07) is 22.3. The van der Waals surface area contributed by atoms with Gasteiger partial charge in [-0.3, -0.25) is 19.3 Å².